The number of hydrogen-bond donors (Lipinski definition) is 1. The van der Waals surface area contributed by atoms with E-state index in [1.165, 1.54) is 192 Å². The van der Waals surface area contributed by atoms with E-state index < -0.39 is 0 Å². The van der Waals surface area contributed by atoms with Gasteiger partial charge in [0, 0.05) is 44.6 Å². The molecular weight excluding hydrogens is 1460 g/mol. The molecule has 0 bridgehead atoms. The maximum absolute atomic E-state index is 5.40. The van der Waals surface area contributed by atoms with Gasteiger partial charge in [-0.05, 0) is 242 Å². The Kier molecular flexibility index (Phi) is 17.5. The van der Waals surface area contributed by atoms with Crippen LogP contribution < -0.4 is 5.32 Å². The molecule has 13 aromatic rings. The minimum absolute atomic E-state index is 0.0521. The summed E-state index contributed by atoms with van der Waals surface area (Å²) in [5.74, 6) is 3.25. The summed E-state index contributed by atoms with van der Waals surface area (Å²) in [5.41, 5.74) is 43.2. The molecule has 10 aliphatic rings. The Hall–Kier alpha value is -12.6. The lowest BCUT2D eigenvalue weighted by molar-refractivity contribution is 0.233. The van der Waals surface area contributed by atoms with Crippen molar-refractivity contribution in [3.8, 4) is 66.8 Å². The van der Waals surface area contributed by atoms with Gasteiger partial charge in [-0.25, -0.2) is 9.98 Å². The fraction of sp³-hybridized carbons (Fsp3) is 0.222. The molecule has 4 heteroatoms. The molecule has 6 unspecified atom stereocenters. The summed E-state index contributed by atoms with van der Waals surface area (Å²) in [6.07, 6.45) is 24.5. The van der Waals surface area contributed by atoms with Gasteiger partial charge in [0.05, 0.1) is 11.8 Å². The van der Waals surface area contributed by atoms with Crippen LogP contribution in [0.4, 0.5) is 0 Å². The number of rotatable bonds is 12. The summed E-state index contributed by atoms with van der Waals surface area (Å²) >= 11 is 0. The molecule has 2 aliphatic heterocycles. The Morgan fingerprint density at radius 3 is 1.24 bits per heavy atom. The summed E-state index contributed by atoms with van der Waals surface area (Å²) in [6, 6.07) is 118. The number of dihydropyridines is 1. The van der Waals surface area contributed by atoms with Gasteiger partial charge in [-0.3, -0.25) is 4.99 Å². The van der Waals surface area contributed by atoms with Crippen molar-refractivity contribution in [1.82, 2.24) is 5.32 Å². The molecule has 4 nitrogen and oxygen atoms in total. The van der Waals surface area contributed by atoms with Gasteiger partial charge in [-0.1, -0.05) is 382 Å². The molecule has 2 spiro atoms. The molecule has 13 aromatic carbocycles. The summed E-state index contributed by atoms with van der Waals surface area (Å²) in [7, 11) is 0. The minimum Gasteiger partial charge on any atom is -0.344 e. The average molecular weight is 1560 g/mol. The standard InChI is InChI=1S/C117H100N4/c1-73-96(72-109(81-25-11-6-12-26-81)118-110(73)82-27-13-7-14-28-82)90-33-23-31-85(63-90)76-41-45-78(46-42-76)87-54-57-94-98-71-108-100(69-105(98)115(4,5)103(94)66-87)95-58-55-89(67-106(95)117(108)61-21-10-22-62-117)80-39-37-74(38-40-80)75-49-51-84(52-50-75)112-119-111(83-29-15-8-16-30-83)120-113(121-112)91-34-24-32-86(64-91)77-43-47-79(48-44-77)88-53-56-93-97-70-107-99(68-104(97)114(2,3)102(93)65-88)92-35-17-18-36-101(92)116(107)59-19-9-20-60-116/h6-8,11-18,23-58,63-71,99-100,107-109,111H,9-10,19-22,59-62,72H2,1-5H3,(H,119,120,121). The van der Waals surface area contributed by atoms with Crippen molar-refractivity contribution >= 4 is 34.1 Å². The highest BCUT2D eigenvalue weighted by Gasteiger charge is 2.56. The Balaban J connectivity index is 0.479. The van der Waals surface area contributed by atoms with E-state index in [0.717, 1.165) is 51.3 Å². The van der Waals surface area contributed by atoms with Crippen molar-refractivity contribution in [2.45, 2.75) is 151 Å². The summed E-state index contributed by atoms with van der Waals surface area (Å²) in [4.78, 5) is 16.1. The van der Waals surface area contributed by atoms with Gasteiger partial charge in [-0.2, -0.15) is 0 Å². The summed E-state index contributed by atoms with van der Waals surface area (Å²) in [5, 5.41) is 3.75. The molecule has 8 aliphatic carbocycles. The van der Waals surface area contributed by atoms with E-state index in [-0.39, 0.29) is 33.9 Å². The number of fused-ring (bicyclic) bond motifs is 16. The number of nitrogens with one attached hydrogen (secondary N) is 1. The highest BCUT2D eigenvalue weighted by atomic mass is 15.2. The molecule has 588 valence electrons. The van der Waals surface area contributed by atoms with E-state index >= 15 is 0 Å². The first-order chi connectivity index (χ1) is 59.3. The minimum atomic E-state index is -0.313. The Morgan fingerprint density at radius 2 is 0.711 bits per heavy atom. The summed E-state index contributed by atoms with van der Waals surface area (Å²) in [6.45, 7) is 12.1. The Labute approximate surface area is 713 Å². The second-order valence-electron chi connectivity index (χ2n) is 37.4. The monoisotopic (exact) mass is 1560 g/mol. The van der Waals surface area contributed by atoms with Gasteiger partial charge in [0.1, 0.15) is 12.0 Å². The fourth-order valence-corrected chi connectivity index (χ4v) is 24.0. The highest BCUT2D eigenvalue weighted by Crippen LogP contribution is 2.67. The normalized spacial score (nSPS) is 21.9. The molecule has 6 atom stereocenters. The quantitative estimate of drug-likeness (QED) is 0.130. The van der Waals surface area contributed by atoms with Crippen LogP contribution in [0.1, 0.15) is 207 Å². The third-order valence-corrected chi connectivity index (χ3v) is 30.3. The van der Waals surface area contributed by atoms with Crippen LogP contribution in [0.3, 0.4) is 0 Å². The predicted molar refractivity (Wildman–Crippen MR) is 503 cm³/mol. The molecule has 23 rings (SSSR count). The Bertz CT molecular complexity index is 6620. The van der Waals surface area contributed by atoms with E-state index in [1.54, 1.807) is 16.7 Å². The zero-order valence-electron chi connectivity index (χ0n) is 69.9. The first kappa shape index (κ1) is 73.5. The van der Waals surface area contributed by atoms with Crippen molar-refractivity contribution in [3.63, 3.8) is 0 Å². The van der Waals surface area contributed by atoms with Crippen molar-refractivity contribution in [2.75, 3.05) is 0 Å². The number of aliphatic imine (C=N–C) groups is 3. The molecule has 2 fully saturated rings. The number of benzene rings is 13. The molecular formula is C117H100N4. The van der Waals surface area contributed by atoms with Gasteiger partial charge < -0.3 is 5.32 Å². The van der Waals surface area contributed by atoms with Crippen molar-refractivity contribution in [2.24, 2.45) is 26.8 Å². The first-order valence-electron chi connectivity index (χ1n) is 44.7. The second-order valence-corrected chi connectivity index (χ2v) is 37.4. The first-order valence-corrected chi connectivity index (χ1v) is 44.7. The number of amidine groups is 2. The molecule has 0 amide bonds. The van der Waals surface area contributed by atoms with Crippen LogP contribution in [0.2, 0.25) is 0 Å². The third-order valence-electron chi connectivity index (χ3n) is 30.3. The largest absolute Gasteiger partial charge is 0.344 e. The molecule has 0 aromatic heterocycles. The van der Waals surface area contributed by atoms with Gasteiger partial charge in [-0.15, -0.1) is 0 Å². The average Bonchev–Trinajstić information content (AvgIpc) is 1.54. The lowest BCUT2D eigenvalue weighted by Gasteiger charge is -2.42. The maximum atomic E-state index is 5.40. The summed E-state index contributed by atoms with van der Waals surface area (Å²) < 4.78 is 0. The van der Waals surface area contributed by atoms with Gasteiger partial charge >= 0.3 is 0 Å². The van der Waals surface area contributed by atoms with Crippen molar-refractivity contribution in [1.29, 1.82) is 0 Å². The van der Waals surface area contributed by atoms with Crippen LogP contribution in [0, 0.1) is 11.8 Å². The van der Waals surface area contributed by atoms with Crippen LogP contribution in [-0.2, 0) is 21.7 Å². The van der Waals surface area contributed by atoms with Gasteiger partial charge in [0.15, 0.2) is 5.84 Å². The SMILES string of the molecule is CC1=C(c2cccc(-c3ccc(-c4ccc5c(c4)C(C)(C)C4=CC6c7ccc(-c8ccc(-c9ccc(C%10=NC(c%11cccc(-c%12ccc(-c%13ccc%14c(c%13)C(C)(C)C%13=CC%15c%16ccccc%16C%16(CCCCC%16)C%15C=C%13%14)cc%12)c%11)=NC(c%11ccccc%11)N%10)cc9)cc8)cc7C7(CCCCC7)C6C=C45)cc3)c2)CC(c2ccccc2)N=C1c1ccccc1. The molecule has 2 heterocycles. The Morgan fingerprint density at radius 1 is 0.314 bits per heavy atom. The van der Waals surface area contributed by atoms with E-state index in [9.17, 15) is 0 Å². The lowest BCUT2D eigenvalue weighted by atomic mass is 9.62. The fourth-order valence-electron chi connectivity index (χ4n) is 24.0. The van der Waals surface area contributed by atoms with Crippen LogP contribution >= 0.6 is 0 Å². The highest BCUT2D eigenvalue weighted by molar-refractivity contribution is 6.17. The third kappa shape index (κ3) is 12.1. The van der Waals surface area contributed by atoms with Crippen molar-refractivity contribution in [3.05, 3.63) is 434 Å². The molecule has 121 heavy (non-hydrogen) atoms. The van der Waals surface area contributed by atoms with Gasteiger partial charge in [0.25, 0.3) is 0 Å². The molecule has 0 saturated heterocycles. The van der Waals surface area contributed by atoms with Crippen LogP contribution in [0.15, 0.2) is 371 Å². The van der Waals surface area contributed by atoms with E-state index in [0.29, 0.717) is 29.5 Å². The zero-order chi connectivity index (χ0) is 80.9. The number of hydrogen-bond acceptors (Lipinski definition) is 4. The topological polar surface area (TPSA) is 49.1 Å². The maximum Gasteiger partial charge on any atom is 0.159 e. The zero-order valence-corrected chi connectivity index (χ0v) is 69.9. The van der Waals surface area contributed by atoms with E-state index in [1.807, 2.05) is 0 Å². The van der Waals surface area contributed by atoms with Crippen LogP contribution in [0.5, 0.6) is 0 Å². The van der Waals surface area contributed by atoms with Crippen molar-refractivity contribution < 1.29 is 0 Å². The van der Waals surface area contributed by atoms with Crippen LogP contribution in [0.25, 0.3) is 83.5 Å². The second kappa shape index (κ2) is 28.8. The molecule has 1 N–H and O–H groups in total. The molecule has 2 saturated carbocycles. The van der Waals surface area contributed by atoms with Gasteiger partial charge in [0.2, 0.25) is 0 Å². The lowest BCUT2D eigenvalue weighted by Crippen LogP contribution is -2.35. The number of allylic oxidation sites excluding steroid dienone is 9. The van der Waals surface area contributed by atoms with E-state index in [2.05, 4.69) is 380 Å². The van der Waals surface area contributed by atoms with E-state index in [4.69, 9.17) is 15.0 Å². The molecule has 0 radical (unpaired) electrons. The number of nitrogens with zero attached hydrogens (tertiary/aromatic N) is 3. The predicted octanol–water partition coefficient (Wildman–Crippen LogP) is 29.1. The van der Waals surface area contributed by atoms with Crippen LogP contribution in [-0.4, -0.2) is 17.4 Å². The smallest absolute Gasteiger partial charge is 0.159 e.